The second kappa shape index (κ2) is 12.1. The van der Waals surface area contributed by atoms with Crippen LogP contribution in [0.15, 0.2) is 48.5 Å². The van der Waals surface area contributed by atoms with E-state index in [0.717, 1.165) is 42.8 Å². The summed E-state index contributed by atoms with van der Waals surface area (Å²) in [5.74, 6) is 0.908. The summed E-state index contributed by atoms with van der Waals surface area (Å²) in [4.78, 5) is 27.1. The lowest BCUT2D eigenvalue weighted by molar-refractivity contribution is 0.0948. The van der Waals surface area contributed by atoms with Crippen molar-refractivity contribution in [3.05, 3.63) is 59.7 Å². The first-order valence-electron chi connectivity index (χ1n) is 11.3. The average molecular weight is 440 g/mol. The van der Waals surface area contributed by atoms with Crippen LogP contribution in [0.5, 0.6) is 5.75 Å². The van der Waals surface area contributed by atoms with Crippen molar-refractivity contribution in [2.24, 2.45) is 0 Å². The van der Waals surface area contributed by atoms with Gasteiger partial charge in [0.2, 0.25) is 0 Å². The third-order valence-electron chi connectivity index (χ3n) is 5.56. The molecule has 32 heavy (non-hydrogen) atoms. The number of urea groups is 1. The van der Waals surface area contributed by atoms with Gasteiger partial charge in [-0.1, -0.05) is 12.1 Å². The Morgan fingerprint density at radius 3 is 2.72 bits per heavy atom. The molecule has 0 bridgehead atoms. The van der Waals surface area contributed by atoms with E-state index in [2.05, 4.69) is 10.6 Å². The van der Waals surface area contributed by atoms with Gasteiger partial charge in [-0.25, -0.2) is 4.79 Å². The van der Waals surface area contributed by atoms with Gasteiger partial charge in [0, 0.05) is 50.5 Å². The van der Waals surface area contributed by atoms with Gasteiger partial charge in [0.05, 0.1) is 6.61 Å². The molecule has 1 unspecified atom stereocenters. The maximum atomic E-state index is 12.8. The van der Waals surface area contributed by atoms with Crippen LogP contribution in [-0.4, -0.2) is 56.8 Å². The van der Waals surface area contributed by atoms with E-state index in [1.807, 2.05) is 60.4 Å². The predicted molar refractivity (Wildman–Crippen MR) is 125 cm³/mol. The number of piperidine rings is 1. The zero-order valence-corrected chi connectivity index (χ0v) is 18.9. The number of carbonyl (C=O) groups is 2. The van der Waals surface area contributed by atoms with E-state index < -0.39 is 0 Å². The second-order valence-corrected chi connectivity index (χ2v) is 7.90. The summed E-state index contributed by atoms with van der Waals surface area (Å²) >= 11 is 0. The number of nitrogens with zero attached hydrogens (tertiary/aromatic N) is 1. The zero-order valence-electron chi connectivity index (χ0n) is 18.9. The lowest BCUT2D eigenvalue weighted by atomic mass is 9.89. The molecule has 0 aliphatic carbocycles. The fourth-order valence-corrected chi connectivity index (χ4v) is 3.89. The molecule has 0 spiro atoms. The summed E-state index contributed by atoms with van der Waals surface area (Å²) in [6.45, 7) is 5.10. The number of anilines is 1. The van der Waals surface area contributed by atoms with E-state index >= 15 is 0 Å². The number of hydrogen-bond acceptors (Lipinski definition) is 4. The van der Waals surface area contributed by atoms with Crippen LogP contribution in [-0.2, 0) is 4.74 Å². The Morgan fingerprint density at radius 2 is 1.97 bits per heavy atom. The normalized spacial score (nSPS) is 15.8. The minimum Gasteiger partial charge on any atom is -0.494 e. The van der Waals surface area contributed by atoms with Gasteiger partial charge in [-0.15, -0.1) is 0 Å². The number of carbonyl (C=O) groups excluding carboxylic acids is 2. The molecule has 1 atom stereocenters. The van der Waals surface area contributed by atoms with Crippen molar-refractivity contribution in [3.63, 3.8) is 0 Å². The molecule has 1 saturated heterocycles. The highest BCUT2D eigenvalue weighted by atomic mass is 16.5. The number of benzene rings is 2. The monoisotopic (exact) mass is 439 g/mol. The van der Waals surface area contributed by atoms with Crippen LogP contribution < -0.4 is 15.4 Å². The van der Waals surface area contributed by atoms with Gasteiger partial charge in [0.25, 0.3) is 5.91 Å². The van der Waals surface area contributed by atoms with Gasteiger partial charge in [0.15, 0.2) is 0 Å². The van der Waals surface area contributed by atoms with E-state index in [0.29, 0.717) is 31.9 Å². The molecule has 7 nitrogen and oxygen atoms in total. The third-order valence-corrected chi connectivity index (χ3v) is 5.56. The van der Waals surface area contributed by atoms with Crippen molar-refractivity contribution in [1.29, 1.82) is 0 Å². The van der Waals surface area contributed by atoms with Gasteiger partial charge in [-0.3, -0.25) is 4.79 Å². The number of methoxy groups -OCH3 is 1. The van der Waals surface area contributed by atoms with Crippen LogP contribution in [0.3, 0.4) is 0 Å². The highest BCUT2D eigenvalue weighted by molar-refractivity contribution is 5.94. The first-order chi connectivity index (χ1) is 15.6. The van der Waals surface area contributed by atoms with E-state index in [9.17, 15) is 9.59 Å². The van der Waals surface area contributed by atoms with Crippen LogP contribution in [0, 0.1) is 0 Å². The summed E-state index contributed by atoms with van der Waals surface area (Å²) in [5.41, 5.74) is 2.48. The molecule has 3 amide bonds. The molecule has 1 heterocycles. The molecule has 1 aliphatic rings. The van der Waals surface area contributed by atoms with Crippen LogP contribution in [0.2, 0.25) is 0 Å². The number of nitrogens with one attached hydrogen (secondary N) is 2. The molecule has 1 fully saturated rings. The molecule has 3 rings (SSSR count). The fraction of sp³-hybridized carbons (Fsp3) is 0.440. The van der Waals surface area contributed by atoms with Crippen LogP contribution in [0.4, 0.5) is 10.5 Å². The maximum Gasteiger partial charge on any atom is 0.321 e. The number of amides is 3. The maximum absolute atomic E-state index is 12.8. The number of ether oxygens (including phenoxy) is 2. The SMILES string of the molecule is CCOc1ccc(NC(=O)N2CCCC(c3cccc(C(=O)NCCCOC)c3)C2)cc1. The smallest absolute Gasteiger partial charge is 0.321 e. The summed E-state index contributed by atoms with van der Waals surface area (Å²) in [5, 5.41) is 5.90. The summed E-state index contributed by atoms with van der Waals surface area (Å²) in [7, 11) is 1.65. The molecule has 172 valence electrons. The highest BCUT2D eigenvalue weighted by Crippen LogP contribution is 2.28. The molecule has 0 aromatic heterocycles. The molecule has 0 saturated carbocycles. The predicted octanol–water partition coefficient (Wildman–Crippen LogP) is 4.26. The molecule has 1 aliphatic heterocycles. The summed E-state index contributed by atoms with van der Waals surface area (Å²) in [6.07, 6.45) is 2.70. The Bertz CT molecular complexity index is 885. The molecule has 7 heteroatoms. The van der Waals surface area contributed by atoms with Crippen LogP contribution >= 0.6 is 0 Å². The minimum atomic E-state index is -0.106. The number of likely N-dealkylation sites (tertiary alicyclic amines) is 1. The first kappa shape index (κ1) is 23.6. The lowest BCUT2D eigenvalue weighted by Crippen LogP contribution is -2.41. The molecular weight excluding hydrogens is 406 g/mol. The second-order valence-electron chi connectivity index (χ2n) is 7.90. The molecule has 2 aromatic carbocycles. The molecule has 2 N–H and O–H groups in total. The topological polar surface area (TPSA) is 79.9 Å². The van der Waals surface area contributed by atoms with Crippen molar-refractivity contribution >= 4 is 17.6 Å². The van der Waals surface area contributed by atoms with Crippen LogP contribution in [0.25, 0.3) is 0 Å². The van der Waals surface area contributed by atoms with Crippen LogP contribution in [0.1, 0.15) is 48.0 Å². The van der Waals surface area contributed by atoms with Crippen molar-refractivity contribution in [2.45, 2.75) is 32.1 Å². The van der Waals surface area contributed by atoms with E-state index in [1.54, 1.807) is 7.11 Å². The average Bonchev–Trinajstić information content (AvgIpc) is 2.83. The summed E-state index contributed by atoms with van der Waals surface area (Å²) < 4.78 is 10.5. The zero-order chi connectivity index (χ0) is 22.8. The first-order valence-corrected chi connectivity index (χ1v) is 11.3. The van der Waals surface area contributed by atoms with Gasteiger partial charge in [-0.2, -0.15) is 0 Å². The fourth-order valence-electron chi connectivity index (χ4n) is 3.89. The van der Waals surface area contributed by atoms with Gasteiger partial charge >= 0.3 is 6.03 Å². The Morgan fingerprint density at radius 1 is 1.16 bits per heavy atom. The Kier molecular flexibility index (Phi) is 8.92. The standard InChI is InChI=1S/C25H33N3O4/c1-3-32-23-12-10-22(11-13-23)27-25(30)28-15-5-9-21(18-28)19-7-4-8-20(17-19)24(29)26-14-6-16-31-2/h4,7-8,10-13,17,21H,3,5-6,9,14-16,18H2,1-2H3,(H,26,29)(H,27,30). The Hall–Kier alpha value is -3.06. The lowest BCUT2D eigenvalue weighted by Gasteiger charge is -2.33. The van der Waals surface area contributed by atoms with E-state index in [4.69, 9.17) is 9.47 Å². The van der Waals surface area contributed by atoms with E-state index in [1.165, 1.54) is 0 Å². The van der Waals surface area contributed by atoms with Crippen molar-refractivity contribution in [2.75, 3.05) is 45.3 Å². The van der Waals surface area contributed by atoms with Gasteiger partial charge in [-0.05, 0) is 68.1 Å². The highest BCUT2D eigenvalue weighted by Gasteiger charge is 2.25. The minimum absolute atomic E-state index is 0.0798. The number of hydrogen-bond donors (Lipinski definition) is 2. The van der Waals surface area contributed by atoms with Crippen molar-refractivity contribution < 1.29 is 19.1 Å². The number of rotatable bonds is 9. The Labute approximate surface area is 190 Å². The summed E-state index contributed by atoms with van der Waals surface area (Å²) in [6, 6.07) is 15.0. The van der Waals surface area contributed by atoms with Crippen molar-refractivity contribution in [3.8, 4) is 5.75 Å². The third kappa shape index (κ3) is 6.72. The Balaban J connectivity index is 1.58. The quantitative estimate of drug-likeness (QED) is 0.572. The van der Waals surface area contributed by atoms with Gasteiger partial charge < -0.3 is 25.0 Å². The molecular formula is C25H33N3O4. The van der Waals surface area contributed by atoms with Crippen molar-refractivity contribution in [1.82, 2.24) is 10.2 Å². The molecule has 2 aromatic rings. The largest absolute Gasteiger partial charge is 0.494 e. The molecule has 0 radical (unpaired) electrons. The van der Waals surface area contributed by atoms with E-state index in [-0.39, 0.29) is 17.9 Å². The van der Waals surface area contributed by atoms with Gasteiger partial charge in [0.1, 0.15) is 5.75 Å².